The Morgan fingerprint density at radius 2 is 1.07 bits per heavy atom. The molecule has 2 unspecified atom stereocenters. The van der Waals surface area contributed by atoms with E-state index in [9.17, 15) is 14.4 Å². The number of Topliss-reactive ketones (excluding diaryl/α,β-unsaturated/α-hetero) is 2. The van der Waals surface area contributed by atoms with Crippen LogP contribution in [-0.4, -0.2) is 71.1 Å². The third-order valence-corrected chi connectivity index (χ3v) is 13.1. The molecular weight excluding hydrogens is 1040 g/mol. The molecule has 9 heteroatoms. The number of allylic oxidation sites excluding steroid dienone is 3. The molecular formula is C75H101N3O6. The van der Waals surface area contributed by atoms with E-state index in [2.05, 4.69) is 191 Å². The lowest BCUT2D eigenvalue weighted by Crippen LogP contribution is -2.28. The van der Waals surface area contributed by atoms with Crippen molar-refractivity contribution < 1.29 is 28.6 Å². The number of esters is 1. The highest BCUT2D eigenvalue weighted by molar-refractivity contribution is 5.82. The lowest BCUT2D eigenvalue weighted by molar-refractivity contribution is -0.141. The van der Waals surface area contributed by atoms with Gasteiger partial charge in [0.2, 0.25) is 0 Å². The van der Waals surface area contributed by atoms with Crippen LogP contribution >= 0.6 is 0 Å². The Kier molecular flexibility index (Phi) is 33.2. The van der Waals surface area contributed by atoms with Crippen molar-refractivity contribution in [3.63, 3.8) is 0 Å². The summed E-state index contributed by atoms with van der Waals surface area (Å²) in [6.45, 7) is 46.1. The van der Waals surface area contributed by atoms with Crippen molar-refractivity contribution in [2.75, 3.05) is 53.6 Å². The molecule has 84 heavy (non-hydrogen) atoms. The molecule has 1 aliphatic rings. The number of nitrogens with one attached hydrogen (secondary N) is 3. The van der Waals surface area contributed by atoms with Gasteiger partial charge in [-0.2, -0.15) is 0 Å². The fourth-order valence-corrected chi connectivity index (χ4v) is 8.68. The Labute approximate surface area is 507 Å². The Morgan fingerprint density at radius 1 is 0.571 bits per heavy atom. The largest absolute Gasteiger partial charge is 0.491 e. The summed E-state index contributed by atoms with van der Waals surface area (Å²) < 4.78 is 15.7. The normalized spacial score (nSPS) is 11.6. The van der Waals surface area contributed by atoms with Gasteiger partial charge in [-0.05, 0) is 150 Å². The van der Waals surface area contributed by atoms with Gasteiger partial charge in [0, 0.05) is 25.3 Å². The molecule has 452 valence electrons. The number of hydrogen-bond acceptors (Lipinski definition) is 9. The first-order chi connectivity index (χ1) is 39.6. The maximum atomic E-state index is 12.1. The summed E-state index contributed by atoms with van der Waals surface area (Å²) in [5.41, 5.74) is 19.3. The molecule has 3 N–H and O–H groups in total. The van der Waals surface area contributed by atoms with E-state index in [-0.39, 0.29) is 49.3 Å². The summed E-state index contributed by atoms with van der Waals surface area (Å²) in [6.07, 6.45) is 1.83. The van der Waals surface area contributed by atoms with Crippen LogP contribution in [0.3, 0.4) is 0 Å². The van der Waals surface area contributed by atoms with Gasteiger partial charge in [0.25, 0.3) is 0 Å². The quantitative estimate of drug-likeness (QED) is 0.0347. The molecule has 9 nitrogen and oxygen atoms in total. The molecule has 0 bridgehead atoms. The Morgan fingerprint density at radius 3 is 1.51 bits per heavy atom. The van der Waals surface area contributed by atoms with Gasteiger partial charge >= 0.3 is 5.97 Å². The van der Waals surface area contributed by atoms with Gasteiger partial charge in [-0.15, -0.1) is 6.58 Å². The molecule has 0 amide bonds. The van der Waals surface area contributed by atoms with Crippen LogP contribution in [0.4, 0.5) is 0 Å². The van der Waals surface area contributed by atoms with Crippen molar-refractivity contribution in [3.8, 4) is 16.9 Å². The number of carbonyl (C=O) groups is 3. The van der Waals surface area contributed by atoms with Gasteiger partial charge in [0.15, 0.2) is 11.6 Å². The molecule has 0 aliphatic heterocycles. The second kappa shape index (κ2) is 38.4. The first-order valence-electron chi connectivity index (χ1n) is 29.2. The SMILES string of the molecule is C=C(C)C(C)c1ccc(C)cc1C.C=C(C)CCC(=C)CNCC(=O)COc1ccc(C(NC)c2ccc(C)cc2C)cc1.C=C(C)OCC(=O)CNC.CC(=O)OCC1c2ccccc2-c2ccccc21.CC(C)(C)C.Cc1ccccc1. The number of likely N-dealkylation sites (N-methyl/N-ethyl adjacent to an activating group) is 1. The molecule has 0 aromatic heterocycles. The number of ketones is 2. The molecule has 0 radical (unpaired) electrons. The maximum Gasteiger partial charge on any atom is 0.302 e. The van der Waals surface area contributed by atoms with Crippen molar-refractivity contribution in [3.05, 3.63) is 244 Å². The van der Waals surface area contributed by atoms with Crippen molar-refractivity contribution in [2.24, 2.45) is 5.41 Å². The van der Waals surface area contributed by atoms with E-state index >= 15 is 0 Å². The van der Waals surface area contributed by atoms with Crippen LogP contribution in [0.1, 0.15) is 149 Å². The number of fused-ring (bicyclic) bond motifs is 3. The fourth-order valence-electron chi connectivity index (χ4n) is 8.68. The van der Waals surface area contributed by atoms with Crippen molar-refractivity contribution in [2.45, 2.75) is 128 Å². The molecule has 0 saturated heterocycles. The minimum Gasteiger partial charge on any atom is -0.491 e. The van der Waals surface area contributed by atoms with Crippen molar-refractivity contribution in [1.29, 1.82) is 0 Å². The average Bonchev–Trinajstić information content (AvgIpc) is 3.28. The van der Waals surface area contributed by atoms with E-state index in [4.69, 9.17) is 14.2 Å². The number of benzene rings is 6. The van der Waals surface area contributed by atoms with Crippen LogP contribution in [0, 0.1) is 40.0 Å². The lowest BCUT2D eigenvalue weighted by Gasteiger charge is -2.20. The van der Waals surface area contributed by atoms with Crippen LogP contribution in [0.5, 0.6) is 5.75 Å². The Bertz CT molecular complexity index is 2970. The zero-order chi connectivity index (χ0) is 62.9. The van der Waals surface area contributed by atoms with Gasteiger partial charge in [-0.25, -0.2) is 0 Å². The fraction of sp³-hybridized carbons (Fsp3) is 0.373. The van der Waals surface area contributed by atoms with Crippen molar-refractivity contribution in [1.82, 2.24) is 16.0 Å². The third-order valence-electron chi connectivity index (χ3n) is 13.1. The van der Waals surface area contributed by atoms with E-state index in [0.717, 1.165) is 29.6 Å². The van der Waals surface area contributed by atoms with Gasteiger partial charge in [0.1, 0.15) is 25.6 Å². The highest BCUT2D eigenvalue weighted by Gasteiger charge is 2.28. The molecule has 0 spiro atoms. The Balaban J connectivity index is 0.000000383. The number of aryl methyl sites for hydroxylation is 5. The van der Waals surface area contributed by atoms with Crippen molar-refractivity contribution >= 4 is 17.5 Å². The molecule has 1 aliphatic carbocycles. The molecule has 6 aromatic rings. The van der Waals surface area contributed by atoms with E-state index in [1.54, 1.807) is 14.0 Å². The number of hydrogen-bond donors (Lipinski definition) is 3. The van der Waals surface area contributed by atoms with Gasteiger partial charge in [0.05, 0.1) is 24.9 Å². The van der Waals surface area contributed by atoms with Crippen LogP contribution in [0.2, 0.25) is 0 Å². The molecule has 2 atom stereocenters. The van der Waals surface area contributed by atoms with Crippen LogP contribution in [0.15, 0.2) is 188 Å². The summed E-state index contributed by atoms with van der Waals surface area (Å²) >= 11 is 0. The summed E-state index contributed by atoms with van der Waals surface area (Å²) in [7, 11) is 3.69. The highest BCUT2D eigenvalue weighted by atomic mass is 16.5. The molecule has 6 aromatic carbocycles. The second-order valence-corrected chi connectivity index (χ2v) is 23.5. The van der Waals surface area contributed by atoms with E-state index < -0.39 is 0 Å². The third kappa shape index (κ3) is 29.2. The summed E-state index contributed by atoms with van der Waals surface area (Å²) in [5, 5.41) is 9.27. The predicted molar refractivity (Wildman–Crippen MR) is 355 cm³/mol. The number of rotatable bonds is 22. The smallest absolute Gasteiger partial charge is 0.302 e. The zero-order valence-corrected chi connectivity index (χ0v) is 53.9. The zero-order valence-electron chi connectivity index (χ0n) is 53.9. The van der Waals surface area contributed by atoms with E-state index in [0.29, 0.717) is 42.5 Å². The molecule has 0 fully saturated rings. The van der Waals surface area contributed by atoms with Gasteiger partial charge in [-0.3, -0.25) is 14.4 Å². The first kappa shape index (κ1) is 72.7. The van der Waals surface area contributed by atoms with Gasteiger partial charge < -0.3 is 30.2 Å². The Hall–Kier alpha value is -7.43. The molecule has 7 rings (SSSR count). The summed E-state index contributed by atoms with van der Waals surface area (Å²) in [6, 6.07) is 48.1. The molecule has 0 heterocycles. The van der Waals surface area contributed by atoms with E-state index in [1.165, 1.54) is 73.7 Å². The first-order valence-corrected chi connectivity index (χ1v) is 29.2. The standard InChI is InChI=1S/C27H36N2O2.C16H14O2.C13H18.C7H13NO2.C7H8.C5H12/c1-19(2)7-8-21(4)16-29-17-24(30)18-31-25-12-10-23(11-13-25)27(28-6)26-14-9-20(3)15-22(26)5;1-11(17)18-10-16-14-8-4-2-6-12(14)13-7-3-5-9-15(13)16;1-9(2)12(5)13-7-6-10(3)8-11(13)4;1-6(2)10-5-7(9)4-8-3;1-7-5-3-2-4-6-7;1-5(2,3)4/h9-15,27-29H,1,4,7-8,16-18H2,2-3,5-6H3;2-9,16H,10H2,1H3;6-8,12H,1H2,2-5H3;8H,1,4-5H2,2-3H3;2-6H,1H3;1-4H3. The summed E-state index contributed by atoms with van der Waals surface area (Å²) in [5.74, 6) is 1.73. The van der Waals surface area contributed by atoms with Gasteiger partial charge in [-0.1, -0.05) is 215 Å². The second-order valence-electron chi connectivity index (χ2n) is 23.5. The number of ether oxygens (including phenoxy) is 3. The van der Waals surface area contributed by atoms with E-state index in [1.807, 2.05) is 80.7 Å². The lowest BCUT2D eigenvalue weighted by atomic mass is 9.91. The maximum absolute atomic E-state index is 12.1. The monoisotopic (exact) mass is 1140 g/mol. The topological polar surface area (TPSA) is 115 Å². The number of carbonyl (C=O) groups excluding carboxylic acids is 3. The van der Waals surface area contributed by atoms with Crippen LogP contribution in [-0.2, 0) is 23.9 Å². The average molecular weight is 1140 g/mol. The van der Waals surface area contributed by atoms with Crippen LogP contribution < -0.4 is 20.7 Å². The minimum absolute atomic E-state index is 0.0140. The minimum atomic E-state index is -0.225. The van der Waals surface area contributed by atoms with Crippen LogP contribution in [0.25, 0.3) is 11.1 Å². The summed E-state index contributed by atoms with van der Waals surface area (Å²) in [4.78, 5) is 33.8. The highest BCUT2D eigenvalue weighted by Crippen LogP contribution is 2.44. The predicted octanol–water partition coefficient (Wildman–Crippen LogP) is 16.8. The molecule has 0 saturated carbocycles.